The Morgan fingerprint density at radius 3 is 1.57 bits per heavy atom. The van der Waals surface area contributed by atoms with Crippen LogP contribution in [0.3, 0.4) is 0 Å². The minimum atomic E-state index is 0. The van der Waals surface area contributed by atoms with Crippen molar-refractivity contribution >= 4 is 9.42 Å². The van der Waals surface area contributed by atoms with E-state index in [4.69, 9.17) is 4.98 Å². The SMILES string of the molecule is Cc1ccc(-c2cc(-c3ccccn3)nc(-c3ccccn3)c2)cc1.[Cl-].[Cl][Pt]. The van der Waals surface area contributed by atoms with Crippen molar-refractivity contribution in [3.8, 4) is 33.9 Å². The van der Waals surface area contributed by atoms with Gasteiger partial charge in [-0.15, -0.1) is 0 Å². The monoisotopic (exact) mass is 588 g/mol. The number of nitrogens with zero attached hydrogens (tertiary/aromatic N) is 3. The first-order valence-electron chi connectivity index (χ1n) is 8.33. The fourth-order valence-electron chi connectivity index (χ4n) is 2.73. The molecule has 6 heteroatoms. The van der Waals surface area contributed by atoms with Crippen molar-refractivity contribution in [1.29, 1.82) is 0 Å². The van der Waals surface area contributed by atoms with Crippen LogP contribution in [0.1, 0.15) is 5.56 Å². The van der Waals surface area contributed by atoms with Crippen molar-refractivity contribution in [2.45, 2.75) is 6.92 Å². The molecule has 145 valence electrons. The second-order valence-corrected chi connectivity index (χ2v) is 5.92. The Balaban J connectivity index is 0.000000906. The maximum atomic E-state index is 4.79. The first-order chi connectivity index (χ1) is 13.3. The molecule has 4 aromatic rings. The number of halogens is 2. The van der Waals surface area contributed by atoms with Crippen LogP contribution in [0.5, 0.6) is 0 Å². The van der Waals surface area contributed by atoms with Gasteiger partial charge in [-0.05, 0) is 54.4 Å². The molecule has 0 atom stereocenters. The molecule has 1 aromatic carbocycles. The second-order valence-electron chi connectivity index (χ2n) is 5.92. The third kappa shape index (κ3) is 5.48. The van der Waals surface area contributed by atoms with Gasteiger partial charge in [0.15, 0.2) is 0 Å². The van der Waals surface area contributed by atoms with Crippen molar-refractivity contribution in [3.63, 3.8) is 0 Å². The maximum absolute atomic E-state index is 4.79. The van der Waals surface area contributed by atoms with Crippen LogP contribution in [0.4, 0.5) is 0 Å². The first-order valence-corrected chi connectivity index (χ1v) is 11.1. The molecule has 0 bridgehead atoms. The normalized spacial score (nSPS) is 9.71. The van der Waals surface area contributed by atoms with E-state index in [1.54, 1.807) is 31.2 Å². The second kappa shape index (κ2) is 11.1. The average molecular weight is 589 g/mol. The summed E-state index contributed by atoms with van der Waals surface area (Å²) in [6.07, 6.45) is 3.58. The van der Waals surface area contributed by atoms with E-state index in [9.17, 15) is 0 Å². The molecule has 0 saturated heterocycles. The molecule has 0 N–H and O–H groups in total. The Labute approximate surface area is 186 Å². The molecule has 28 heavy (non-hydrogen) atoms. The molecule has 0 amide bonds. The van der Waals surface area contributed by atoms with Crippen molar-refractivity contribution in [2.75, 3.05) is 0 Å². The molecule has 3 heterocycles. The van der Waals surface area contributed by atoms with Gasteiger partial charge in [0, 0.05) is 12.4 Å². The van der Waals surface area contributed by atoms with Crippen LogP contribution in [0.15, 0.2) is 85.2 Å². The van der Waals surface area contributed by atoms with Gasteiger partial charge in [0.05, 0.1) is 22.8 Å². The predicted octanol–water partition coefficient (Wildman–Crippen LogP) is 2.87. The van der Waals surface area contributed by atoms with E-state index < -0.39 is 0 Å². The van der Waals surface area contributed by atoms with Gasteiger partial charge in [-0.2, -0.15) is 0 Å². The molecular weight excluding hydrogens is 572 g/mol. The summed E-state index contributed by atoms with van der Waals surface area (Å²) >= 11 is 1.61. The zero-order valence-corrected chi connectivity index (χ0v) is 18.8. The Bertz CT molecular complexity index is 937. The molecule has 0 radical (unpaired) electrons. The molecular formula is C22H17Cl2N3Pt-. The summed E-state index contributed by atoms with van der Waals surface area (Å²) in [7, 11) is 4.61. The van der Waals surface area contributed by atoms with Crippen molar-refractivity contribution < 1.29 is 31.2 Å². The zero-order chi connectivity index (χ0) is 19.1. The third-order valence-electron chi connectivity index (χ3n) is 4.06. The van der Waals surface area contributed by atoms with Crippen LogP contribution in [0, 0.1) is 6.92 Å². The van der Waals surface area contributed by atoms with Crippen LogP contribution < -0.4 is 12.4 Å². The predicted molar refractivity (Wildman–Crippen MR) is 107 cm³/mol. The van der Waals surface area contributed by atoms with Gasteiger partial charge in [-0.25, -0.2) is 4.98 Å². The number of hydrogen-bond donors (Lipinski definition) is 0. The van der Waals surface area contributed by atoms with Crippen molar-refractivity contribution in [1.82, 2.24) is 15.0 Å². The summed E-state index contributed by atoms with van der Waals surface area (Å²) in [4.78, 5) is 13.7. The van der Waals surface area contributed by atoms with E-state index in [-0.39, 0.29) is 12.4 Å². The number of aryl methyl sites for hydroxylation is 1. The van der Waals surface area contributed by atoms with Gasteiger partial charge in [0.2, 0.25) is 0 Å². The Kier molecular flexibility index (Phi) is 8.78. The fraction of sp³-hybridized carbons (Fsp3) is 0.0455. The number of pyridine rings is 3. The summed E-state index contributed by atoms with van der Waals surface area (Å²) in [5.74, 6) is 0. The number of aromatic nitrogens is 3. The average Bonchev–Trinajstić information content (AvgIpc) is 2.76. The van der Waals surface area contributed by atoms with Crippen LogP contribution >= 0.6 is 9.42 Å². The number of rotatable bonds is 3. The molecule has 0 fully saturated rings. The van der Waals surface area contributed by atoms with E-state index >= 15 is 0 Å². The third-order valence-corrected chi connectivity index (χ3v) is 4.06. The van der Waals surface area contributed by atoms with E-state index in [0.29, 0.717) is 0 Å². The van der Waals surface area contributed by atoms with E-state index in [1.807, 2.05) is 36.4 Å². The standard InChI is InChI=1S/C22H17N3.2ClH.Pt/c1-16-8-10-17(11-9-16)18-14-21(19-6-2-4-12-23-19)25-22(15-18)20-7-3-5-13-24-20;;;/h2-15H,1H3;2*1H;/q;;;+1/p-2. The summed E-state index contributed by atoms with van der Waals surface area (Å²) in [5.41, 5.74) is 6.91. The van der Waals surface area contributed by atoms with Crippen LogP contribution in [-0.2, 0) is 18.8 Å². The Hall–Kier alpha value is -2.06. The van der Waals surface area contributed by atoms with E-state index in [2.05, 4.69) is 62.7 Å². The van der Waals surface area contributed by atoms with Crippen LogP contribution in [0.2, 0.25) is 0 Å². The minimum absolute atomic E-state index is 0. The van der Waals surface area contributed by atoms with Gasteiger partial charge < -0.3 is 12.4 Å². The number of benzene rings is 1. The van der Waals surface area contributed by atoms with Crippen LogP contribution in [-0.4, -0.2) is 15.0 Å². The van der Waals surface area contributed by atoms with Gasteiger partial charge in [0.25, 0.3) is 0 Å². The molecule has 3 aromatic heterocycles. The topological polar surface area (TPSA) is 38.7 Å². The van der Waals surface area contributed by atoms with Gasteiger partial charge >= 0.3 is 28.2 Å². The molecule has 0 aliphatic rings. The van der Waals surface area contributed by atoms with E-state index in [0.717, 1.165) is 33.9 Å². The van der Waals surface area contributed by atoms with Gasteiger partial charge in [-0.1, -0.05) is 42.0 Å². The van der Waals surface area contributed by atoms with Gasteiger partial charge in [-0.3, -0.25) is 9.97 Å². The number of hydrogen-bond acceptors (Lipinski definition) is 3. The van der Waals surface area contributed by atoms with Crippen molar-refractivity contribution in [3.05, 3.63) is 90.8 Å². The zero-order valence-electron chi connectivity index (χ0n) is 15.0. The van der Waals surface area contributed by atoms with Gasteiger partial charge in [0.1, 0.15) is 0 Å². The summed E-state index contributed by atoms with van der Waals surface area (Å²) < 4.78 is 0. The van der Waals surface area contributed by atoms with Crippen LogP contribution in [0.25, 0.3) is 33.9 Å². The van der Waals surface area contributed by atoms with Crippen molar-refractivity contribution in [2.24, 2.45) is 0 Å². The summed E-state index contributed by atoms with van der Waals surface area (Å²) in [6, 6.07) is 24.4. The molecule has 0 spiro atoms. The molecule has 0 aliphatic carbocycles. The first kappa shape index (κ1) is 22.2. The molecule has 0 aliphatic heterocycles. The molecule has 3 nitrogen and oxygen atoms in total. The molecule has 4 rings (SSSR count). The molecule has 0 saturated carbocycles. The Morgan fingerprint density at radius 1 is 0.643 bits per heavy atom. The Morgan fingerprint density at radius 2 is 1.14 bits per heavy atom. The fourth-order valence-corrected chi connectivity index (χ4v) is 2.73. The molecule has 0 unspecified atom stereocenters. The summed E-state index contributed by atoms with van der Waals surface area (Å²) in [6.45, 7) is 2.09. The summed E-state index contributed by atoms with van der Waals surface area (Å²) in [5, 5.41) is 0. The van der Waals surface area contributed by atoms with E-state index in [1.165, 1.54) is 5.56 Å². The quantitative estimate of drug-likeness (QED) is 0.369.